The minimum atomic E-state index is 0.611. The van der Waals surface area contributed by atoms with E-state index in [1.807, 2.05) is 6.26 Å². The third kappa shape index (κ3) is 16.1. The Kier molecular flexibility index (Phi) is 17.3. The second-order valence-corrected chi connectivity index (χ2v) is 4.24. The topological polar surface area (TPSA) is 49.0 Å². The summed E-state index contributed by atoms with van der Waals surface area (Å²) in [5.74, 6) is 0. The summed E-state index contributed by atoms with van der Waals surface area (Å²) in [6.45, 7) is 8.27. The van der Waals surface area contributed by atoms with Gasteiger partial charge in [0.15, 0.2) is 0 Å². The van der Waals surface area contributed by atoms with Crippen LogP contribution in [0.1, 0.15) is 13.3 Å². The number of hydrogen-bond donors (Lipinski definition) is 1. The molecule has 0 atom stereocenters. The molecule has 0 aliphatic heterocycles. The van der Waals surface area contributed by atoms with E-state index < -0.39 is 0 Å². The summed E-state index contributed by atoms with van der Waals surface area (Å²) in [5, 5.41) is 0. The summed E-state index contributed by atoms with van der Waals surface area (Å²) in [5.41, 5.74) is 0. The Morgan fingerprint density at radius 3 is 1.61 bits per heavy atom. The van der Waals surface area contributed by atoms with Crippen LogP contribution in [0.4, 0.5) is 0 Å². The molecule has 0 saturated heterocycles. The van der Waals surface area contributed by atoms with Crippen molar-refractivity contribution in [3.8, 4) is 0 Å². The molecule has 110 valence electrons. The van der Waals surface area contributed by atoms with Crippen LogP contribution in [-0.2, 0) is 18.9 Å². The molecule has 0 heterocycles. The maximum absolute atomic E-state index is 5.35. The van der Waals surface area contributed by atoms with Gasteiger partial charge in [0.25, 0.3) is 0 Å². The molecule has 0 aliphatic carbocycles. The molecule has 0 aromatic rings. The average molecular weight is 281 g/mol. The van der Waals surface area contributed by atoms with E-state index in [9.17, 15) is 0 Å². The van der Waals surface area contributed by atoms with Crippen LogP contribution in [0.3, 0.4) is 0 Å². The quantitative estimate of drug-likeness (QED) is 0.361. The van der Waals surface area contributed by atoms with Crippen molar-refractivity contribution >= 4 is 11.9 Å². The molecule has 5 nitrogen and oxygen atoms in total. The molecular formula is C12H27NO4S. The smallest absolute Gasteiger partial charge is 0.0701 e. The van der Waals surface area contributed by atoms with Crippen molar-refractivity contribution in [3.05, 3.63) is 0 Å². The largest absolute Gasteiger partial charge is 0.379 e. The highest BCUT2D eigenvalue weighted by atomic mass is 32.2. The Balaban J connectivity index is 2.86. The lowest BCUT2D eigenvalue weighted by Crippen LogP contribution is -2.15. The maximum Gasteiger partial charge on any atom is 0.0701 e. The van der Waals surface area contributed by atoms with Gasteiger partial charge < -0.3 is 18.9 Å². The lowest BCUT2D eigenvalue weighted by Gasteiger charge is -2.07. The van der Waals surface area contributed by atoms with E-state index in [4.69, 9.17) is 18.9 Å². The van der Waals surface area contributed by atoms with E-state index in [-0.39, 0.29) is 0 Å². The molecular weight excluding hydrogens is 254 g/mol. The van der Waals surface area contributed by atoms with E-state index in [0.29, 0.717) is 39.6 Å². The van der Waals surface area contributed by atoms with Crippen molar-refractivity contribution < 1.29 is 18.9 Å². The molecule has 0 bridgehead atoms. The van der Waals surface area contributed by atoms with Crippen molar-refractivity contribution in [3.63, 3.8) is 0 Å². The molecule has 0 unspecified atom stereocenters. The number of ether oxygens (including phenoxy) is 4. The first kappa shape index (κ1) is 18.1. The third-order valence-electron chi connectivity index (χ3n) is 1.96. The lowest BCUT2D eigenvalue weighted by atomic mass is 10.5. The maximum atomic E-state index is 5.35. The Morgan fingerprint density at radius 1 is 0.722 bits per heavy atom. The summed E-state index contributed by atoms with van der Waals surface area (Å²) in [6.07, 6.45) is 3.05. The first-order valence-electron chi connectivity index (χ1n) is 6.48. The first-order valence-corrected chi connectivity index (χ1v) is 7.71. The van der Waals surface area contributed by atoms with Gasteiger partial charge in [0.2, 0.25) is 0 Å². The molecule has 0 fully saturated rings. The van der Waals surface area contributed by atoms with Crippen LogP contribution in [0.2, 0.25) is 0 Å². The zero-order chi connectivity index (χ0) is 13.3. The van der Waals surface area contributed by atoms with Crippen LogP contribution in [0.25, 0.3) is 0 Å². The number of nitrogens with one attached hydrogen (secondary N) is 1. The van der Waals surface area contributed by atoms with Crippen molar-refractivity contribution in [2.45, 2.75) is 13.3 Å². The second kappa shape index (κ2) is 17.2. The summed E-state index contributed by atoms with van der Waals surface area (Å²) in [6, 6.07) is 0. The molecule has 0 saturated carbocycles. The fourth-order valence-electron chi connectivity index (χ4n) is 1.12. The van der Waals surface area contributed by atoms with Gasteiger partial charge in [-0.05, 0) is 12.7 Å². The van der Waals surface area contributed by atoms with Crippen molar-refractivity contribution in [2.24, 2.45) is 0 Å². The average Bonchev–Trinajstić information content (AvgIpc) is 2.39. The van der Waals surface area contributed by atoms with Crippen molar-refractivity contribution in [1.82, 2.24) is 4.72 Å². The standard InChI is InChI=1S/C12H27NO4S/c1-3-5-14-7-9-16-11-12-17-10-8-15-6-4-13-18-2/h13H,3-12H2,1-2H3. The highest BCUT2D eigenvalue weighted by Crippen LogP contribution is 1.84. The number of rotatable bonds is 15. The monoisotopic (exact) mass is 281 g/mol. The van der Waals surface area contributed by atoms with Crippen LogP contribution in [0.5, 0.6) is 0 Å². The SMILES string of the molecule is CCCOCCOCCOCCOCCNSC. The fraction of sp³-hybridized carbons (Fsp3) is 1.00. The van der Waals surface area contributed by atoms with Gasteiger partial charge in [-0.2, -0.15) is 0 Å². The normalized spacial score (nSPS) is 11.0. The molecule has 0 spiro atoms. The lowest BCUT2D eigenvalue weighted by molar-refractivity contribution is -0.00106. The predicted molar refractivity (Wildman–Crippen MR) is 75.1 cm³/mol. The molecule has 0 aromatic heterocycles. The number of hydrogen-bond acceptors (Lipinski definition) is 6. The van der Waals surface area contributed by atoms with E-state index in [1.165, 1.54) is 0 Å². The Labute approximate surface area is 115 Å². The molecule has 0 aliphatic rings. The van der Waals surface area contributed by atoms with E-state index in [1.54, 1.807) is 11.9 Å². The second-order valence-electron chi connectivity index (χ2n) is 3.55. The van der Waals surface area contributed by atoms with Gasteiger partial charge >= 0.3 is 0 Å². The summed E-state index contributed by atoms with van der Waals surface area (Å²) >= 11 is 1.60. The van der Waals surface area contributed by atoms with Crippen molar-refractivity contribution in [1.29, 1.82) is 0 Å². The van der Waals surface area contributed by atoms with Crippen LogP contribution < -0.4 is 4.72 Å². The first-order chi connectivity index (χ1) is 8.91. The molecule has 0 amide bonds. The molecule has 0 radical (unpaired) electrons. The molecule has 0 rings (SSSR count). The minimum Gasteiger partial charge on any atom is -0.379 e. The molecule has 6 heteroatoms. The van der Waals surface area contributed by atoms with Gasteiger partial charge in [-0.15, -0.1) is 0 Å². The zero-order valence-corrected chi connectivity index (χ0v) is 12.4. The zero-order valence-electron chi connectivity index (χ0n) is 11.6. The van der Waals surface area contributed by atoms with Gasteiger partial charge in [-0.1, -0.05) is 18.9 Å². The van der Waals surface area contributed by atoms with Gasteiger partial charge in [0, 0.05) is 13.2 Å². The van der Waals surface area contributed by atoms with Crippen LogP contribution in [-0.4, -0.2) is 65.7 Å². The van der Waals surface area contributed by atoms with Crippen LogP contribution in [0.15, 0.2) is 0 Å². The highest BCUT2D eigenvalue weighted by molar-refractivity contribution is 7.96. The molecule has 1 N–H and O–H groups in total. The minimum absolute atomic E-state index is 0.611. The Bertz CT molecular complexity index is 136. The van der Waals surface area contributed by atoms with Gasteiger partial charge in [-0.3, -0.25) is 4.72 Å². The molecule has 0 aromatic carbocycles. The van der Waals surface area contributed by atoms with Crippen LogP contribution >= 0.6 is 11.9 Å². The Hall–Kier alpha value is 0.150. The predicted octanol–water partition coefficient (Wildman–Crippen LogP) is 1.33. The summed E-state index contributed by atoms with van der Waals surface area (Å²) in [4.78, 5) is 0. The fourth-order valence-corrected chi connectivity index (χ4v) is 1.41. The van der Waals surface area contributed by atoms with Crippen molar-refractivity contribution in [2.75, 3.05) is 65.7 Å². The van der Waals surface area contributed by atoms with Gasteiger partial charge in [-0.25, -0.2) is 0 Å². The van der Waals surface area contributed by atoms with E-state index in [0.717, 1.165) is 26.2 Å². The summed E-state index contributed by atoms with van der Waals surface area (Å²) in [7, 11) is 0. The summed E-state index contributed by atoms with van der Waals surface area (Å²) < 4.78 is 24.4. The Morgan fingerprint density at radius 2 is 1.17 bits per heavy atom. The third-order valence-corrected chi connectivity index (χ3v) is 2.45. The van der Waals surface area contributed by atoms with E-state index in [2.05, 4.69) is 11.6 Å². The van der Waals surface area contributed by atoms with Gasteiger partial charge in [0.1, 0.15) is 0 Å². The highest BCUT2D eigenvalue weighted by Gasteiger charge is 1.92. The molecule has 18 heavy (non-hydrogen) atoms. The van der Waals surface area contributed by atoms with Gasteiger partial charge in [0.05, 0.1) is 46.2 Å². The van der Waals surface area contributed by atoms with Crippen LogP contribution in [0, 0.1) is 0 Å². The van der Waals surface area contributed by atoms with E-state index >= 15 is 0 Å².